The van der Waals surface area contributed by atoms with Crippen LogP contribution in [-0.2, 0) is 33.9 Å². The first-order valence-electron chi connectivity index (χ1n) is 17.1. The Kier molecular flexibility index (Phi) is 12.9. The smallest absolute Gasteiger partial charge is 0.294 e. The normalized spacial score (nSPS) is 16.3. The standard InChI is InChI=1S/C38H45N3O4S3/c1-4-7-9-13-21-40-31-16-12-11-15-29(31)18-19-30-23-28(17-20-32(30)40)22-27(14-10-8-5-2)24-33-35(43)41(25-45-26-42)37(47-33)34-36(44)39(6-3)38(46)48-34/h11-12,15-17,20,22-24,26H,4-10,13-14,18-19,21,25H2,1-3H3/b27-22+,33-24+,37-34+. The minimum atomic E-state index is -0.293. The average Bonchev–Trinajstić information content (AvgIpc) is 3.49. The Bertz CT molecular complexity index is 1860. The van der Waals surface area contributed by atoms with Crippen LogP contribution < -0.4 is 19.7 Å². The molecule has 48 heavy (non-hydrogen) atoms. The molecule has 254 valence electrons. The van der Waals surface area contributed by atoms with Crippen molar-refractivity contribution in [2.45, 2.75) is 91.7 Å². The van der Waals surface area contributed by atoms with Crippen molar-refractivity contribution in [3.8, 4) is 0 Å². The zero-order chi connectivity index (χ0) is 34.0. The van der Waals surface area contributed by atoms with Crippen molar-refractivity contribution < 1.29 is 14.3 Å². The van der Waals surface area contributed by atoms with Crippen LogP contribution in [0, 0.1) is 0 Å². The van der Waals surface area contributed by atoms with Crippen molar-refractivity contribution in [3.63, 3.8) is 0 Å². The van der Waals surface area contributed by atoms with Crippen LogP contribution in [-0.4, -0.2) is 39.3 Å². The predicted octanol–water partition coefficient (Wildman–Crippen LogP) is 7.29. The largest absolute Gasteiger partial charge is 0.446 e. The number of nitrogens with zero attached hydrogens (tertiary/aromatic N) is 3. The maximum Gasteiger partial charge on any atom is 0.294 e. The fourth-order valence-corrected chi connectivity index (χ4v) is 8.98. The molecule has 0 saturated carbocycles. The summed E-state index contributed by atoms with van der Waals surface area (Å²) in [6.45, 7) is 7.78. The molecule has 1 saturated heterocycles. The van der Waals surface area contributed by atoms with Crippen LogP contribution in [0.4, 0.5) is 11.4 Å². The highest BCUT2D eigenvalue weighted by atomic mass is 32.2. The third-order valence-corrected chi connectivity index (χ3v) is 11.5. The van der Waals surface area contributed by atoms with Gasteiger partial charge in [-0.15, -0.1) is 11.3 Å². The number of benzene rings is 2. The van der Waals surface area contributed by atoms with E-state index in [1.54, 1.807) is 0 Å². The van der Waals surface area contributed by atoms with Crippen LogP contribution >= 0.6 is 35.3 Å². The van der Waals surface area contributed by atoms with Crippen LogP contribution in [0.1, 0.15) is 88.8 Å². The Hall–Kier alpha value is -3.47. The number of thiocarbonyl (C=S) groups is 1. The molecule has 3 aromatic rings. The van der Waals surface area contributed by atoms with Gasteiger partial charge < -0.3 is 9.64 Å². The summed E-state index contributed by atoms with van der Waals surface area (Å²) in [7, 11) is 0. The van der Waals surface area contributed by atoms with E-state index in [0.29, 0.717) is 31.4 Å². The van der Waals surface area contributed by atoms with Gasteiger partial charge in [0.1, 0.15) is 13.9 Å². The minimum Gasteiger partial charge on any atom is -0.446 e. The highest BCUT2D eigenvalue weighted by Gasteiger charge is 2.33. The molecule has 2 aliphatic heterocycles. The number of amides is 1. The molecule has 1 amide bonds. The van der Waals surface area contributed by atoms with Crippen molar-refractivity contribution in [3.05, 3.63) is 84.3 Å². The minimum absolute atomic E-state index is 0.231. The van der Waals surface area contributed by atoms with Crippen LogP contribution in [0.5, 0.6) is 0 Å². The zero-order valence-electron chi connectivity index (χ0n) is 28.2. The first-order valence-corrected chi connectivity index (χ1v) is 19.2. The van der Waals surface area contributed by atoms with Gasteiger partial charge in [-0.2, -0.15) is 0 Å². The van der Waals surface area contributed by atoms with Crippen molar-refractivity contribution >= 4 is 80.4 Å². The number of unbranched alkanes of at least 4 members (excludes halogenated alkanes) is 5. The molecule has 1 aromatic heterocycles. The summed E-state index contributed by atoms with van der Waals surface area (Å²) < 4.78 is 7.79. The fraction of sp³-hybridized carbons (Fsp3) is 0.421. The summed E-state index contributed by atoms with van der Waals surface area (Å²) in [6, 6.07) is 15.6. The van der Waals surface area contributed by atoms with Gasteiger partial charge in [-0.25, -0.2) is 0 Å². The summed E-state index contributed by atoms with van der Waals surface area (Å²) in [5.41, 5.74) is 7.17. The molecule has 1 fully saturated rings. The summed E-state index contributed by atoms with van der Waals surface area (Å²) >= 11 is 7.86. The number of ether oxygens (including phenoxy) is 1. The number of allylic oxidation sites excluding steroid dienone is 1. The number of aromatic nitrogens is 1. The van der Waals surface area contributed by atoms with Gasteiger partial charge in [0.05, 0.1) is 4.53 Å². The van der Waals surface area contributed by atoms with E-state index in [1.165, 1.54) is 74.3 Å². The summed E-state index contributed by atoms with van der Waals surface area (Å²) in [5, 5.41) is 0. The van der Waals surface area contributed by atoms with Gasteiger partial charge >= 0.3 is 0 Å². The predicted molar refractivity (Wildman–Crippen MR) is 204 cm³/mol. The van der Waals surface area contributed by atoms with E-state index in [4.69, 9.17) is 17.0 Å². The number of carbonyl (C=O) groups is 2. The monoisotopic (exact) mass is 703 g/mol. The van der Waals surface area contributed by atoms with Crippen LogP contribution in [0.3, 0.4) is 0 Å². The van der Waals surface area contributed by atoms with Crippen LogP contribution in [0.2, 0.25) is 0 Å². The van der Waals surface area contributed by atoms with E-state index in [-0.39, 0.29) is 18.2 Å². The lowest BCUT2D eigenvalue weighted by atomic mass is 9.99. The molecule has 3 heterocycles. The number of anilines is 2. The molecule has 0 bridgehead atoms. The molecule has 10 heteroatoms. The van der Waals surface area contributed by atoms with Gasteiger partial charge in [-0.1, -0.05) is 100 Å². The molecule has 5 rings (SSSR count). The van der Waals surface area contributed by atoms with Crippen LogP contribution in [0.15, 0.2) is 52.8 Å². The lowest BCUT2D eigenvalue weighted by molar-refractivity contribution is -0.132. The Balaban J connectivity index is 1.57. The zero-order valence-corrected chi connectivity index (χ0v) is 30.6. The maximum absolute atomic E-state index is 13.7. The molecule has 0 atom stereocenters. The number of carbonyl (C=O) groups excluding carboxylic acids is 2. The molecule has 2 aromatic carbocycles. The lowest BCUT2D eigenvalue weighted by Crippen LogP contribution is -2.34. The third kappa shape index (κ3) is 8.21. The van der Waals surface area contributed by atoms with Gasteiger partial charge in [0.15, 0.2) is 6.73 Å². The second-order valence-corrected chi connectivity index (χ2v) is 14.9. The average molecular weight is 704 g/mol. The van der Waals surface area contributed by atoms with Crippen molar-refractivity contribution in [2.75, 3.05) is 18.0 Å². The second kappa shape index (κ2) is 17.3. The maximum atomic E-state index is 13.7. The summed E-state index contributed by atoms with van der Waals surface area (Å²) in [5.74, 6) is -0.231. The Morgan fingerprint density at radius 1 is 0.917 bits per heavy atom. The number of hydrogen-bond donors (Lipinski definition) is 0. The van der Waals surface area contributed by atoms with Gasteiger partial charge in [0, 0.05) is 24.5 Å². The molecule has 2 aliphatic rings. The molecule has 0 N–H and O–H groups in total. The summed E-state index contributed by atoms with van der Waals surface area (Å²) in [6.07, 6.45) is 14.9. The first-order chi connectivity index (χ1) is 23.4. The number of para-hydroxylation sites is 1. The number of aryl methyl sites for hydroxylation is 2. The van der Waals surface area contributed by atoms with E-state index < -0.39 is 0 Å². The molecule has 0 radical (unpaired) electrons. The molecular weight excluding hydrogens is 659 g/mol. The van der Waals surface area contributed by atoms with Crippen LogP contribution in [0.25, 0.3) is 17.1 Å². The number of thiazole rings is 1. The van der Waals surface area contributed by atoms with Gasteiger partial charge in [0.25, 0.3) is 17.9 Å². The summed E-state index contributed by atoms with van der Waals surface area (Å²) in [4.78, 5) is 42.5. The van der Waals surface area contributed by atoms with Crippen molar-refractivity contribution in [2.24, 2.45) is 0 Å². The number of hydrogen-bond acceptors (Lipinski definition) is 8. The Labute approximate surface area is 297 Å². The highest BCUT2D eigenvalue weighted by Crippen LogP contribution is 2.37. The Morgan fingerprint density at radius 3 is 2.42 bits per heavy atom. The van der Waals surface area contributed by atoms with Crippen molar-refractivity contribution in [1.29, 1.82) is 0 Å². The number of fused-ring (bicyclic) bond motifs is 2. The van der Waals surface area contributed by atoms with E-state index in [9.17, 15) is 14.4 Å². The third-order valence-electron chi connectivity index (χ3n) is 8.85. The SMILES string of the molecule is CCCCCCN1c2ccccc2CCc2cc(/C=C(/C=c3/s/c(=C4/SC(=S)N(CC)C4=O)n(COC=O)c3=O)CCCCC)ccc21. The van der Waals surface area contributed by atoms with Crippen molar-refractivity contribution in [1.82, 2.24) is 9.47 Å². The molecule has 0 unspecified atom stereocenters. The number of thioether (sulfide) groups is 1. The topological polar surface area (TPSA) is 71.8 Å². The second-order valence-electron chi connectivity index (χ2n) is 12.2. The molecule has 7 nitrogen and oxygen atoms in total. The molecule has 0 aliphatic carbocycles. The quantitative estimate of drug-likeness (QED) is 0.0936. The molecular formula is C38H45N3O4S3. The Morgan fingerprint density at radius 2 is 1.67 bits per heavy atom. The highest BCUT2D eigenvalue weighted by molar-refractivity contribution is 8.30. The van der Waals surface area contributed by atoms with E-state index in [2.05, 4.69) is 67.3 Å². The van der Waals surface area contributed by atoms with E-state index in [0.717, 1.165) is 62.6 Å². The first kappa shape index (κ1) is 35.8. The van der Waals surface area contributed by atoms with Gasteiger partial charge in [-0.3, -0.25) is 23.9 Å². The number of rotatable bonds is 15. The van der Waals surface area contributed by atoms with Gasteiger partial charge in [-0.05, 0) is 85.6 Å². The van der Waals surface area contributed by atoms with Gasteiger partial charge in [0.2, 0.25) is 0 Å². The van der Waals surface area contributed by atoms with E-state index >= 15 is 0 Å². The fourth-order valence-electron chi connectivity index (χ4n) is 6.34. The molecule has 0 spiro atoms. The van der Waals surface area contributed by atoms with E-state index in [1.807, 2.05) is 13.0 Å². The lowest BCUT2D eigenvalue weighted by Gasteiger charge is -2.27.